The highest BCUT2D eigenvalue weighted by atomic mass is 32.1. The molecule has 0 unspecified atom stereocenters. The molecule has 0 saturated heterocycles. The van der Waals surface area contributed by atoms with Gasteiger partial charge >= 0.3 is 5.97 Å². The molecule has 0 aliphatic heterocycles. The van der Waals surface area contributed by atoms with Gasteiger partial charge in [-0.1, -0.05) is 25.8 Å². The van der Waals surface area contributed by atoms with Crippen LogP contribution in [0.5, 0.6) is 5.75 Å². The molecule has 4 nitrogen and oxygen atoms in total. The largest absolute Gasteiger partial charge is 0.506 e. The summed E-state index contributed by atoms with van der Waals surface area (Å²) in [5.41, 5.74) is 0.603. The molecule has 3 aromatic rings. The van der Waals surface area contributed by atoms with Gasteiger partial charge in [-0.25, -0.2) is 4.79 Å². The summed E-state index contributed by atoms with van der Waals surface area (Å²) >= 11 is 1.32. The number of carbonyl (C=O) groups is 1. The lowest BCUT2D eigenvalue weighted by molar-refractivity contribution is 0.0696. The third kappa shape index (κ3) is 2.76. The molecule has 124 valence electrons. The van der Waals surface area contributed by atoms with Crippen molar-refractivity contribution in [1.82, 2.24) is 0 Å². The average molecular weight is 342 g/mol. The molecule has 0 atom stereocenters. The van der Waals surface area contributed by atoms with E-state index in [1.54, 1.807) is 30.3 Å². The van der Waals surface area contributed by atoms with E-state index in [0.29, 0.717) is 32.2 Å². The Morgan fingerprint density at radius 2 is 1.96 bits per heavy atom. The van der Waals surface area contributed by atoms with Gasteiger partial charge in [-0.2, -0.15) is 0 Å². The van der Waals surface area contributed by atoms with Crippen LogP contribution in [0.4, 0.5) is 0 Å². The zero-order valence-corrected chi connectivity index (χ0v) is 14.2. The average Bonchev–Trinajstić information content (AvgIpc) is 2.56. The number of aromatic carboxylic acids is 1. The summed E-state index contributed by atoms with van der Waals surface area (Å²) in [5, 5.41) is 20.4. The summed E-state index contributed by atoms with van der Waals surface area (Å²) < 4.78 is 1.25. The zero-order valence-electron chi connectivity index (χ0n) is 13.3. The minimum Gasteiger partial charge on any atom is -0.506 e. The molecule has 0 fully saturated rings. The molecule has 2 aromatic carbocycles. The van der Waals surface area contributed by atoms with Gasteiger partial charge in [0, 0.05) is 15.5 Å². The number of rotatable bonds is 5. The molecule has 5 heteroatoms. The van der Waals surface area contributed by atoms with Gasteiger partial charge in [0.05, 0.1) is 10.3 Å². The molecule has 0 aliphatic rings. The number of carboxylic acids is 1. The molecule has 0 aliphatic carbocycles. The van der Waals surface area contributed by atoms with Gasteiger partial charge in [-0.15, -0.1) is 11.3 Å². The highest BCUT2D eigenvalue weighted by molar-refractivity contribution is 7.24. The van der Waals surface area contributed by atoms with E-state index in [-0.39, 0.29) is 16.7 Å². The van der Waals surface area contributed by atoms with Gasteiger partial charge in [-0.05, 0) is 42.7 Å². The molecule has 0 amide bonds. The fourth-order valence-electron chi connectivity index (χ4n) is 3.03. The Morgan fingerprint density at radius 3 is 2.67 bits per heavy atom. The maximum Gasteiger partial charge on any atom is 0.335 e. The molecule has 3 rings (SSSR count). The van der Waals surface area contributed by atoms with E-state index in [9.17, 15) is 19.8 Å². The Kier molecular flexibility index (Phi) is 4.53. The summed E-state index contributed by atoms with van der Waals surface area (Å²) in [5.74, 6) is -0.935. The van der Waals surface area contributed by atoms with Gasteiger partial charge in [-0.3, -0.25) is 4.79 Å². The standard InChI is InChI=1S/C19H18O4S/c1-2-3-4-6-11-12(19(22)23)9-10-15-16(11)17(21)13-7-5-8-14(20)18(13)24-15/h5,7-10,20H,2-4,6H2,1H3,(H,22,23). The predicted molar refractivity (Wildman–Crippen MR) is 97.5 cm³/mol. The second-order valence-corrected chi connectivity index (χ2v) is 6.86. The summed E-state index contributed by atoms with van der Waals surface area (Å²) in [6.07, 6.45) is 3.43. The minimum absolute atomic E-state index is 0.0753. The van der Waals surface area contributed by atoms with E-state index in [2.05, 4.69) is 6.92 Å². The van der Waals surface area contributed by atoms with Crippen LogP contribution < -0.4 is 5.43 Å². The second kappa shape index (κ2) is 6.61. The van der Waals surface area contributed by atoms with Crippen molar-refractivity contribution in [2.24, 2.45) is 0 Å². The first-order chi connectivity index (χ1) is 11.5. The molecule has 1 heterocycles. The molecule has 0 saturated carbocycles. The number of benzene rings is 2. The maximum atomic E-state index is 13.0. The van der Waals surface area contributed by atoms with Crippen molar-refractivity contribution in [3.05, 3.63) is 51.7 Å². The Balaban J connectivity index is 2.37. The molecule has 1 aromatic heterocycles. The van der Waals surface area contributed by atoms with Crippen molar-refractivity contribution < 1.29 is 15.0 Å². The van der Waals surface area contributed by atoms with Gasteiger partial charge in [0.2, 0.25) is 0 Å². The van der Waals surface area contributed by atoms with E-state index in [4.69, 9.17) is 0 Å². The number of unbranched alkanes of at least 4 members (excludes halogenated alkanes) is 2. The third-order valence-electron chi connectivity index (χ3n) is 4.21. The number of fused-ring (bicyclic) bond motifs is 2. The number of phenols is 1. The molecular formula is C19H18O4S. The Morgan fingerprint density at radius 1 is 1.17 bits per heavy atom. The van der Waals surface area contributed by atoms with Crippen LogP contribution in [0.2, 0.25) is 0 Å². The number of aryl methyl sites for hydroxylation is 1. The van der Waals surface area contributed by atoms with Crippen LogP contribution in [0, 0.1) is 0 Å². The number of aromatic hydroxyl groups is 1. The monoisotopic (exact) mass is 342 g/mol. The fraction of sp³-hybridized carbons (Fsp3) is 0.263. The molecule has 24 heavy (non-hydrogen) atoms. The van der Waals surface area contributed by atoms with Crippen molar-refractivity contribution in [2.45, 2.75) is 32.6 Å². The van der Waals surface area contributed by atoms with Crippen LogP contribution >= 0.6 is 11.3 Å². The lowest BCUT2D eigenvalue weighted by atomic mass is 9.96. The Hall–Kier alpha value is -2.40. The fourth-order valence-corrected chi connectivity index (χ4v) is 4.14. The zero-order chi connectivity index (χ0) is 17.3. The maximum absolute atomic E-state index is 13.0. The Bertz CT molecular complexity index is 988. The normalized spacial score (nSPS) is 11.2. The summed E-state index contributed by atoms with van der Waals surface area (Å²) in [4.78, 5) is 24.6. The van der Waals surface area contributed by atoms with E-state index < -0.39 is 5.97 Å². The highest BCUT2D eigenvalue weighted by Gasteiger charge is 2.18. The number of hydrogen-bond acceptors (Lipinski definition) is 4. The van der Waals surface area contributed by atoms with Crippen LogP contribution in [0.1, 0.15) is 42.1 Å². The van der Waals surface area contributed by atoms with Crippen molar-refractivity contribution in [3.63, 3.8) is 0 Å². The number of phenolic OH excluding ortho intramolecular Hbond substituents is 1. The van der Waals surface area contributed by atoms with Crippen LogP contribution in [-0.2, 0) is 6.42 Å². The van der Waals surface area contributed by atoms with Crippen molar-refractivity contribution in [3.8, 4) is 5.75 Å². The minimum atomic E-state index is -1.01. The molecular weight excluding hydrogens is 324 g/mol. The van der Waals surface area contributed by atoms with Gasteiger partial charge in [0.1, 0.15) is 5.75 Å². The summed E-state index contributed by atoms with van der Waals surface area (Å²) in [7, 11) is 0. The number of hydrogen-bond donors (Lipinski definition) is 2. The lowest BCUT2D eigenvalue weighted by Crippen LogP contribution is -2.10. The Labute approximate surface area is 143 Å². The SMILES string of the molecule is CCCCCc1c(C(=O)O)ccc2sc3c(O)cccc3c(=O)c12. The topological polar surface area (TPSA) is 74.6 Å². The first kappa shape index (κ1) is 16.5. The van der Waals surface area contributed by atoms with E-state index in [1.807, 2.05) is 0 Å². The smallest absolute Gasteiger partial charge is 0.335 e. The predicted octanol–water partition coefficient (Wildman–Crippen LogP) is 4.55. The second-order valence-electron chi connectivity index (χ2n) is 5.81. The third-order valence-corrected chi connectivity index (χ3v) is 5.41. The number of carboxylic acid groups (broad SMARTS) is 1. The molecule has 2 N–H and O–H groups in total. The van der Waals surface area contributed by atoms with Crippen molar-refractivity contribution in [2.75, 3.05) is 0 Å². The van der Waals surface area contributed by atoms with Gasteiger partial charge in [0.25, 0.3) is 0 Å². The van der Waals surface area contributed by atoms with E-state index in [1.165, 1.54) is 11.3 Å². The summed E-state index contributed by atoms with van der Waals surface area (Å²) in [6.45, 7) is 2.08. The molecule has 0 bridgehead atoms. The molecule has 0 spiro atoms. The summed E-state index contributed by atoms with van der Waals surface area (Å²) in [6, 6.07) is 8.09. The van der Waals surface area contributed by atoms with Gasteiger partial charge < -0.3 is 10.2 Å². The first-order valence-electron chi connectivity index (χ1n) is 7.98. The van der Waals surface area contributed by atoms with Gasteiger partial charge in [0.15, 0.2) is 5.43 Å². The quantitative estimate of drug-likeness (QED) is 0.527. The van der Waals surface area contributed by atoms with Crippen LogP contribution in [-0.4, -0.2) is 16.2 Å². The molecule has 0 radical (unpaired) electrons. The van der Waals surface area contributed by atoms with Crippen molar-refractivity contribution >= 4 is 37.5 Å². The van der Waals surface area contributed by atoms with Crippen LogP contribution in [0.3, 0.4) is 0 Å². The van der Waals surface area contributed by atoms with Crippen LogP contribution in [0.15, 0.2) is 35.1 Å². The first-order valence-corrected chi connectivity index (χ1v) is 8.80. The van der Waals surface area contributed by atoms with Crippen LogP contribution in [0.25, 0.3) is 20.2 Å². The highest BCUT2D eigenvalue weighted by Crippen LogP contribution is 2.33. The van der Waals surface area contributed by atoms with E-state index in [0.717, 1.165) is 19.3 Å². The van der Waals surface area contributed by atoms with E-state index >= 15 is 0 Å². The van der Waals surface area contributed by atoms with Crippen molar-refractivity contribution in [1.29, 1.82) is 0 Å². The lowest BCUT2D eigenvalue weighted by Gasteiger charge is -2.11.